The monoisotopic (exact) mass is 360 g/mol. The van der Waals surface area contributed by atoms with Gasteiger partial charge in [-0.1, -0.05) is 42.5 Å². The van der Waals surface area contributed by atoms with Crippen molar-refractivity contribution in [2.45, 2.75) is 26.4 Å². The van der Waals surface area contributed by atoms with E-state index >= 15 is 0 Å². The number of nitrogens with two attached hydrogens (primary N) is 1. The van der Waals surface area contributed by atoms with Gasteiger partial charge >= 0.3 is 5.63 Å². The zero-order valence-electron chi connectivity index (χ0n) is 15.4. The molecule has 27 heavy (non-hydrogen) atoms. The van der Waals surface area contributed by atoms with Crippen molar-refractivity contribution in [2.24, 2.45) is 0 Å². The highest BCUT2D eigenvalue weighted by atomic mass is 16.4. The molecule has 0 bridgehead atoms. The van der Waals surface area contributed by atoms with Gasteiger partial charge in [0.25, 0.3) is 0 Å². The second kappa shape index (κ2) is 7.25. The van der Waals surface area contributed by atoms with Crippen molar-refractivity contribution >= 4 is 11.0 Å². The van der Waals surface area contributed by atoms with E-state index in [9.17, 15) is 4.79 Å². The minimum absolute atomic E-state index is 0.0232. The van der Waals surface area contributed by atoms with Crippen LogP contribution < -0.4 is 10.9 Å². The molecule has 0 spiro atoms. The number of hydrogen-bond donors (Lipinski definition) is 1. The average Bonchev–Trinajstić information content (AvgIpc) is 3.20. The number of furan rings is 1. The Morgan fingerprint density at radius 2 is 1.81 bits per heavy atom. The molecule has 0 saturated heterocycles. The third-order valence-corrected chi connectivity index (χ3v) is 5.10. The molecule has 4 aromatic rings. The van der Waals surface area contributed by atoms with Gasteiger partial charge in [-0.15, -0.1) is 0 Å². The molecule has 1 atom stereocenters. The van der Waals surface area contributed by atoms with Crippen molar-refractivity contribution < 1.29 is 14.2 Å². The number of aryl methyl sites for hydroxylation is 2. The van der Waals surface area contributed by atoms with Gasteiger partial charge in [-0.3, -0.25) is 0 Å². The van der Waals surface area contributed by atoms with E-state index in [2.05, 4.69) is 23.5 Å². The lowest BCUT2D eigenvalue weighted by atomic mass is 10.0. The molecule has 0 aliphatic rings. The molecule has 2 aromatic carbocycles. The van der Waals surface area contributed by atoms with Gasteiger partial charge in [0.05, 0.1) is 6.26 Å². The molecular weight excluding hydrogens is 338 g/mol. The maximum atomic E-state index is 12.1. The lowest BCUT2D eigenvalue weighted by molar-refractivity contribution is -0.704. The molecule has 0 aliphatic carbocycles. The van der Waals surface area contributed by atoms with Crippen molar-refractivity contribution in [3.8, 4) is 0 Å². The normalized spacial score (nSPS) is 12.4. The van der Waals surface area contributed by atoms with E-state index in [1.54, 1.807) is 12.3 Å². The van der Waals surface area contributed by atoms with Gasteiger partial charge in [0.1, 0.15) is 12.1 Å². The first-order valence-corrected chi connectivity index (χ1v) is 9.08. The molecular formula is C23H22NO3+. The van der Waals surface area contributed by atoms with E-state index in [0.717, 1.165) is 33.4 Å². The number of benzene rings is 2. The summed E-state index contributed by atoms with van der Waals surface area (Å²) in [5.74, 6) is 0.889. The molecule has 0 unspecified atom stereocenters. The van der Waals surface area contributed by atoms with Gasteiger partial charge in [-0.05, 0) is 37.1 Å². The van der Waals surface area contributed by atoms with Crippen molar-refractivity contribution in [3.05, 3.63) is 105 Å². The van der Waals surface area contributed by atoms with Crippen LogP contribution in [0.2, 0.25) is 0 Å². The summed E-state index contributed by atoms with van der Waals surface area (Å²) in [6, 6.07) is 19.9. The lowest BCUT2D eigenvalue weighted by Gasteiger charge is -2.15. The van der Waals surface area contributed by atoms with E-state index in [0.29, 0.717) is 12.1 Å². The Kier molecular flexibility index (Phi) is 4.65. The minimum Gasteiger partial charge on any atom is -0.463 e. The number of fused-ring (bicyclic) bond motifs is 1. The maximum Gasteiger partial charge on any atom is 0.336 e. The Hall–Kier alpha value is -3.11. The molecule has 0 fully saturated rings. The molecule has 136 valence electrons. The summed E-state index contributed by atoms with van der Waals surface area (Å²) in [5.41, 5.74) is 4.62. The number of quaternary nitrogens is 1. The first kappa shape index (κ1) is 17.3. The van der Waals surface area contributed by atoms with Gasteiger partial charge in [-0.25, -0.2) is 4.79 Å². The lowest BCUT2D eigenvalue weighted by Crippen LogP contribution is -2.83. The summed E-state index contributed by atoms with van der Waals surface area (Å²) < 4.78 is 11.2. The van der Waals surface area contributed by atoms with Crippen LogP contribution in [0.4, 0.5) is 0 Å². The van der Waals surface area contributed by atoms with E-state index in [1.165, 1.54) is 0 Å². The van der Waals surface area contributed by atoms with Crippen LogP contribution in [0.15, 0.2) is 80.6 Å². The first-order valence-electron chi connectivity index (χ1n) is 9.08. The van der Waals surface area contributed by atoms with Crippen LogP contribution in [0.3, 0.4) is 0 Å². The Balaban J connectivity index is 1.71. The van der Waals surface area contributed by atoms with Crippen LogP contribution in [0, 0.1) is 13.8 Å². The van der Waals surface area contributed by atoms with Gasteiger partial charge in [0.15, 0.2) is 11.8 Å². The van der Waals surface area contributed by atoms with Crippen LogP contribution in [0.1, 0.15) is 34.1 Å². The van der Waals surface area contributed by atoms with Crippen LogP contribution in [0.25, 0.3) is 11.0 Å². The predicted molar refractivity (Wildman–Crippen MR) is 105 cm³/mol. The topological polar surface area (TPSA) is 60.0 Å². The van der Waals surface area contributed by atoms with Gasteiger partial charge < -0.3 is 14.2 Å². The van der Waals surface area contributed by atoms with Crippen molar-refractivity contribution in [2.75, 3.05) is 0 Å². The Morgan fingerprint density at radius 3 is 2.56 bits per heavy atom. The highest BCUT2D eigenvalue weighted by Crippen LogP contribution is 2.23. The SMILES string of the molecule is Cc1ccc2c(C[NH2+][C@H](c3ccccc3)c3ccco3)cc(=O)oc2c1C. The fourth-order valence-corrected chi connectivity index (χ4v) is 3.48. The van der Waals surface area contributed by atoms with Crippen LogP contribution >= 0.6 is 0 Å². The Bertz CT molecular complexity index is 1110. The average molecular weight is 360 g/mol. The molecule has 2 N–H and O–H groups in total. The summed E-state index contributed by atoms with van der Waals surface area (Å²) in [4.78, 5) is 12.1. The molecule has 0 radical (unpaired) electrons. The first-order chi connectivity index (χ1) is 13.1. The van der Waals surface area contributed by atoms with Gasteiger partial charge in [0.2, 0.25) is 0 Å². The third-order valence-electron chi connectivity index (χ3n) is 5.10. The standard InChI is InChI=1S/C23H21NO3/c1-15-10-11-19-18(13-21(25)27-23(19)16(15)2)14-24-22(20-9-6-12-26-20)17-7-4-3-5-8-17/h3-13,22,24H,14H2,1-2H3/p+1/t22-/m1/s1. The van der Waals surface area contributed by atoms with E-state index in [1.807, 2.05) is 50.2 Å². The molecule has 2 heterocycles. The van der Waals surface area contributed by atoms with E-state index in [-0.39, 0.29) is 11.7 Å². The number of rotatable bonds is 5. The maximum absolute atomic E-state index is 12.1. The van der Waals surface area contributed by atoms with Crippen LogP contribution in [-0.4, -0.2) is 0 Å². The van der Waals surface area contributed by atoms with Crippen LogP contribution in [0.5, 0.6) is 0 Å². The molecule has 0 saturated carbocycles. The smallest absolute Gasteiger partial charge is 0.336 e. The summed E-state index contributed by atoms with van der Waals surface area (Å²) in [6.45, 7) is 4.66. The summed E-state index contributed by atoms with van der Waals surface area (Å²) in [6.07, 6.45) is 1.69. The van der Waals surface area contributed by atoms with Crippen LogP contribution in [-0.2, 0) is 6.54 Å². The summed E-state index contributed by atoms with van der Waals surface area (Å²) in [7, 11) is 0. The quantitative estimate of drug-likeness (QED) is 0.550. The van der Waals surface area contributed by atoms with Crippen molar-refractivity contribution in [1.29, 1.82) is 0 Å². The minimum atomic E-state index is -0.311. The zero-order valence-corrected chi connectivity index (χ0v) is 15.4. The Morgan fingerprint density at radius 1 is 1.00 bits per heavy atom. The summed E-state index contributed by atoms with van der Waals surface area (Å²) in [5, 5.41) is 3.18. The molecule has 2 aromatic heterocycles. The fraction of sp³-hybridized carbons (Fsp3) is 0.174. The highest BCUT2D eigenvalue weighted by molar-refractivity contribution is 5.83. The summed E-state index contributed by atoms with van der Waals surface area (Å²) >= 11 is 0. The second-order valence-electron chi connectivity index (χ2n) is 6.82. The zero-order chi connectivity index (χ0) is 18.8. The second-order valence-corrected chi connectivity index (χ2v) is 6.82. The fourth-order valence-electron chi connectivity index (χ4n) is 3.48. The molecule has 4 rings (SSSR count). The van der Waals surface area contributed by atoms with E-state index in [4.69, 9.17) is 8.83 Å². The number of hydrogen-bond acceptors (Lipinski definition) is 3. The molecule has 4 heteroatoms. The third kappa shape index (κ3) is 3.44. The molecule has 4 nitrogen and oxygen atoms in total. The van der Waals surface area contributed by atoms with Crippen molar-refractivity contribution in [1.82, 2.24) is 0 Å². The largest absolute Gasteiger partial charge is 0.463 e. The molecule has 0 aliphatic heterocycles. The predicted octanol–water partition coefficient (Wildman–Crippen LogP) is 3.86. The Labute approximate surface area is 157 Å². The van der Waals surface area contributed by atoms with Gasteiger partial charge in [-0.2, -0.15) is 0 Å². The van der Waals surface area contributed by atoms with E-state index < -0.39 is 0 Å². The van der Waals surface area contributed by atoms with Crippen molar-refractivity contribution in [3.63, 3.8) is 0 Å². The molecule has 0 amide bonds. The highest BCUT2D eigenvalue weighted by Gasteiger charge is 2.21. The van der Waals surface area contributed by atoms with Gasteiger partial charge in [0, 0.05) is 22.6 Å².